The number of ether oxygens (including phenoxy) is 1. The minimum atomic E-state index is -0.898. The van der Waals surface area contributed by atoms with Crippen molar-refractivity contribution in [3.8, 4) is 5.75 Å². The van der Waals surface area contributed by atoms with Crippen LogP contribution in [0.25, 0.3) is 6.08 Å². The molecule has 1 N–H and O–H groups in total. The van der Waals surface area contributed by atoms with Crippen LogP contribution in [0.3, 0.4) is 0 Å². The Morgan fingerprint density at radius 2 is 1.80 bits per heavy atom. The third kappa shape index (κ3) is 5.96. The maximum absolute atomic E-state index is 13.4. The van der Waals surface area contributed by atoms with Gasteiger partial charge in [0.25, 0.3) is 5.91 Å². The van der Waals surface area contributed by atoms with Gasteiger partial charge in [-0.3, -0.25) is 14.5 Å². The lowest BCUT2D eigenvalue weighted by atomic mass is 9.95. The lowest BCUT2D eigenvalue weighted by Gasteiger charge is -2.24. The van der Waals surface area contributed by atoms with Crippen molar-refractivity contribution < 1.29 is 19.4 Å². The fraction of sp³-hybridized carbons (Fsp3) is 0.133. The second-order valence-corrected chi connectivity index (χ2v) is 11.3. The minimum absolute atomic E-state index is 0.0261. The van der Waals surface area contributed by atoms with Gasteiger partial charge in [0, 0.05) is 10.8 Å². The van der Waals surface area contributed by atoms with Crippen molar-refractivity contribution in [2.24, 2.45) is 0 Å². The van der Waals surface area contributed by atoms with Crippen molar-refractivity contribution in [1.29, 1.82) is 0 Å². The van der Waals surface area contributed by atoms with Gasteiger partial charge in [-0.1, -0.05) is 101 Å². The molecule has 0 radical (unpaired) electrons. The summed E-state index contributed by atoms with van der Waals surface area (Å²) in [4.78, 5) is 28.2. The highest BCUT2D eigenvalue weighted by atomic mass is 35.5. The average molecular weight is 590 g/mol. The molecule has 2 heterocycles. The lowest BCUT2D eigenvalue weighted by Crippen LogP contribution is -2.30. The zero-order chi connectivity index (χ0) is 28.1. The van der Waals surface area contributed by atoms with E-state index in [1.54, 1.807) is 30.3 Å². The fourth-order valence-corrected chi connectivity index (χ4v) is 6.37. The highest BCUT2D eigenvalue weighted by Gasteiger charge is 2.45. The summed E-state index contributed by atoms with van der Waals surface area (Å²) in [5.41, 5.74) is 2.37. The molecule has 5 rings (SSSR count). The topological polar surface area (TPSA) is 92.6 Å². The van der Waals surface area contributed by atoms with Crippen LogP contribution in [0.5, 0.6) is 5.75 Å². The van der Waals surface area contributed by atoms with Gasteiger partial charge in [0.2, 0.25) is 5.13 Å². The standard InChI is InChI=1S/C30H24ClN3O4S2/c1-2-38-22-15-13-20(14-16-22)26-25(24(35)17-12-19-8-4-3-5-9-19)27(36)28(37)34(26)29-32-33-30(40-29)39-18-21-10-6-7-11-23(21)31/h3-17,26,36H,2,18H2,1H3/b17-12+. The van der Waals surface area contributed by atoms with Crippen molar-refractivity contribution in [3.63, 3.8) is 0 Å². The van der Waals surface area contributed by atoms with Crippen LogP contribution in [0.4, 0.5) is 5.13 Å². The molecule has 0 spiro atoms. The molecule has 3 aromatic carbocycles. The number of aliphatic hydroxyl groups excluding tert-OH is 1. The maximum Gasteiger partial charge on any atom is 0.296 e. The number of aliphatic hydroxyl groups is 1. The largest absolute Gasteiger partial charge is 0.503 e. The number of ketones is 1. The van der Waals surface area contributed by atoms with Gasteiger partial charge in [0.1, 0.15) is 5.75 Å². The number of benzene rings is 3. The van der Waals surface area contributed by atoms with E-state index in [9.17, 15) is 14.7 Å². The molecule has 0 aliphatic carbocycles. The monoisotopic (exact) mass is 589 g/mol. The van der Waals surface area contributed by atoms with Gasteiger partial charge in [-0.15, -0.1) is 10.2 Å². The quantitative estimate of drug-likeness (QED) is 0.120. The molecule has 1 atom stereocenters. The molecule has 0 bridgehead atoms. The maximum atomic E-state index is 13.4. The Kier molecular flexibility index (Phi) is 8.64. The SMILES string of the molecule is CCOc1ccc(C2C(C(=O)/C=C/c3ccccc3)=C(O)C(=O)N2c2nnc(SCc3ccccc3Cl)s2)cc1. The van der Waals surface area contributed by atoms with Gasteiger partial charge in [0.05, 0.1) is 18.2 Å². The number of carbonyl (C=O) groups excluding carboxylic acids is 2. The molecular formula is C30H24ClN3O4S2. The van der Waals surface area contributed by atoms with Gasteiger partial charge in [-0.2, -0.15) is 0 Å². The highest BCUT2D eigenvalue weighted by Crippen LogP contribution is 2.43. The predicted octanol–water partition coefficient (Wildman–Crippen LogP) is 7.07. The van der Waals surface area contributed by atoms with Gasteiger partial charge >= 0.3 is 0 Å². The van der Waals surface area contributed by atoms with Crippen LogP contribution in [0, 0.1) is 0 Å². The van der Waals surface area contributed by atoms with E-state index >= 15 is 0 Å². The number of allylic oxidation sites excluding steroid dienone is 1. The zero-order valence-electron chi connectivity index (χ0n) is 21.4. The van der Waals surface area contributed by atoms with Crippen molar-refractivity contribution in [1.82, 2.24) is 10.2 Å². The van der Waals surface area contributed by atoms with E-state index in [0.29, 0.717) is 33.0 Å². The average Bonchev–Trinajstić information content (AvgIpc) is 3.54. The Morgan fingerprint density at radius 3 is 2.52 bits per heavy atom. The zero-order valence-corrected chi connectivity index (χ0v) is 23.7. The molecular weight excluding hydrogens is 566 g/mol. The second kappa shape index (κ2) is 12.5. The molecule has 1 aromatic heterocycles. The molecule has 0 fully saturated rings. The number of amides is 1. The first-order valence-corrected chi connectivity index (χ1v) is 14.6. The van der Waals surface area contributed by atoms with Crippen molar-refractivity contribution in [2.75, 3.05) is 11.5 Å². The Hall–Kier alpha value is -3.92. The van der Waals surface area contributed by atoms with Crippen LogP contribution in [0.1, 0.15) is 29.7 Å². The molecule has 0 saturated carbocycles. The molecule has 202 valence electrons. The Balaban J connectivity index is 1.47. The number of hydrogen-bond acceptors (Lipinski definition) is 8. The normalized spacial score (nSPS) is 15.3. The second-order valence-electron chi connectivity index (χ2n) is 8.68. The Morgan fingerprint density at radius 1 is 1.07 bits per heavy atom. The number of aromatic nitrogens is 2. The number of hydrogen-bond donors (Lipinski definition) is 1. The molecule has 1 unspecified atom stereocenters. The molecule has 7 nitrogen and oxygen atoms in total. The van der Waals surface area contributed by atoms with E-state index in [-0.39, 0.29) is 10.7 Å². The number of halogens is 1. The van der Waals surface area contributed by atoms with Crippen molar-refractivity contribution in [2.45, 2.75) is 23.1 Å². The molecule has 10 heteroatoms. The summed E-state index contributed by atoms with van der Waals surface area (Å²) in [6.07, 6.45) is 3.02. The fourth-order valence-electron chi connectivity index (χ4n) is 4.22. The summed E-state index contributed by atoms with van der Waals surface area (Å²) in [5, 5.41) is 20.4. The molecule has 1 aliphatic rings. The number of anilines is 1. The van der Waals surface area contributed by atoms with Crippen LogP contribution in [0.15, 0.2) is 101 Å². The van der Waals surface area contributed by atoms with E-state index in [4.69, 9.17) is 16.3 Å². The van der Waals surface area contributed by atoms with E-state index in [2.05, 4.69) is 10.2 Å². The third-order valence-corrected chi connectivity index (χ3v) is 8.59. The molecule has 40 heavy (non-hydrogen) atoms. The van der Waals surface area contributed by atoms with Crippen LogP contribution in [0.2, 0.25) is 5.02 Å². The number of carbonyl (C=O) groups is 2. The molecule has 1 aliphatic heterocycles. The van der Waals surface area contributed by atoms with E-state index in [1.807, 2.05) is 61.5 Å². The minimum Gasteiger partial charge on any atom is -0.503 e. The summed E-state index contributed by atoms with van der Waals surface area (Å²) < 4.78 is 6.18. The first kappa shape index (κ1) is 27.6. The number of thioether (sulfide) groups is 1. The Bertz CT molecular complexity index is 1590. The van der Waals surface area contributed by atoms with Crippen LogP contribution in [-0.2, 0) is 15.3 Å². The summed E-state index contributed by atoms with van der Waals surface area (Å²) in [6, 6.07) is 23.1. The first-order valence-electron chi connectivity index (χ1n) is 12.4. The smallest absolute Gasteiger partial charge is 0.296 e. The predicted molar refractivity (Wildman–Crippen MR) is 159 cm³/mol. The molecule has 0 saturated heterocycles. The van der Waals surface area contributed by atoms with Crippen molar-refractivity contribution in [3.05, 3.63) is 118 Å². The highest BCUT2D eigenvalue weighted by molar-refractivity contribution is 8.00. The summed E-state index contributed by atoms with van der Waals surface area (Å²) in [5.74, 6) is -0.575. The molecule has 1 amide bonds. The van der Waals surface area contributed by atoms with Gasteiger partial charge in [-0.05, 0) is 47.9 Å². The third-order valence-electron chi connectivity index (χ3n) is 6.12. The van der Waals surface area contributed by atoms with Gasteiger partial charge in [-0.25, -0.2) is 0 Å². The van der Waals surface area contributed by atoms with Crippen LogP contribution in [-0.4, -0.2) is 33.6 Å². The molecule has 4 aromatic rings. The van der Waals surface area contributed by atoms with E-state index in [1.165, 1.54) is 34.1 Å². The summed E-state index contributed by atoms with van der Waals surface area (Å²) in [7, 11) is 0. The van der Waals surface area contributed by atoms with Gasteiger partial charge < -0.3 is 9.84 Å². The number of rotatable bonds is 10. The van der Waals surface area contributed by atoms with E-state index in [0.717, 1.165) is 11.1 Å². The Labute approximate surface area is 244 Å². The van der Waals surface area contributed by atoms with Gasteiger partial charge in [0.15, 0.2) is 15.9 Å². The van der Waals surface area contributed by atoms with E-state index < -0.39 is 23.5 Å². The lowest BCUT2D eigenvalue weighted by molar-refractivity contribution is -0.117. The summed E-state index contributed by atoms with van der Waals surface area (Å²) >= 11 is 8.93. The van der Waals surface area contributed by atoms with Crippen LogP contribution < -0.4 is 9.64 Å². The first-order chi connectivity index (χ1) is 19.5. The summed E-state index contributed by atoms with van der Waals surface area (Å²) in [6.45, 7) is 2.39. The van der Waals surface area contributed by atoms with Crippen LogP contribution >= 0.6 is 34.7 Å². The number of nitrogens with zero attached hydrogens (tertiary/aromatic N) is 3. The van der Waals surface area contributed by atoms with Crippen molar-refractivity contribution >= 4 is 57.6 Å².